The lowest BCUT2D eigenvalue weighted by Gasteiger charge is -2.22. The fourth-order valence-electron chi connectivity index (χ4n) is 1.37. The monoisotopic (exact) mass is 268 g/mol. The number of aromatic nitrogens is 3. The van der Waals surface area contributed by atoms with Crippen LogP contribution in [-0.4, -0.2) is 27.5 Å². The molecule has 0 amide bonds. The van der Waals surface area contributed by atoms with Gasteiger partial charge in [-0.1, -0.05) is 0 Å². The molecule has 0 unspecified atom stereocenters. The fourth-order valence-corrected chi connectivity index (χ4v) is 1.75. The second-order valence-corrected chi connectivity index (χ2v) is 4.56. The van der Waals surface area contributed by atoms with E-state index in [0.29, 0.717) is 6.04 Å². The molecule has 0 aliphatic rings. The first kappa shape index (κ1) is 10.4. The molecule has 2 aromatic heterocycles. The molecule has 5 heteroatoms. The Bertz CT molecular complexity index is 477. The van der Waals surface area contributed by atoms with Gasteiger partial charge in [0.05, 0.1) is 0 Å². The number of nitrogens with zero attached hydrogens (tertiary/aromatic N) is 4. The Morgan fingerprint density at radius 2 is 2.20 bits per heavy atom. The summed E-state index contributed by atoms with van der Waals surface area (Å²) in [6.45, 7) is 4.25. The Morgan fingerprint density at radius 1 is 1.47 bits per heavy atom. The van der Waals surface area contributed by atoms with Crippen LogP contribution in [0.1, 0.15) is 13.8 Å². The molecule has 4 nitrogen and oxygen atoms in total. The van der Waals surface area contributed by atoms with E-state index in [9.17, 15) is 0 Å². The molecule has 0 spiro atoms. The minimum atomic E-state index is 0.396. The Morgan fingerprint density at radius 3 is 2.87 bits per heavy atom. The van der Waals surface area contributed by atoms with E-state index in [1.54, 1.807) is 6.20 Å². The van der Waals surface area contributed by atoms with Gasteiger partial charge in [-0.25, -0.2) is 9.97 Å². The van der Waals surface area contributed by atoms with Crippen molar-refractivity contribution in [3.05, 3.63) is 23.2 Å². The SMILES string of the molecule is CC(C)N(C)c1nc(Br)cn2ccnc12. The van der Waals surface area contributed by atoms with E-state index in [1.165, 1.54) is 0 Å². The second-order valence-electron chi connectivity index (χ2n) is 3.75. The van der Waals surface area contributed by atoms with Crippen LogP contribution in [0.2, 0.25) is 0 Å². The first-order valence-corrected chi connectivity index (χ1v) is 5.61. The van der Waals surface area contributed by atoms with E-state index >= 15 is 0 Å². The maximum atomic E-state index is 4.45. The molecule has 0 aromatic carbocycles. The molecule has 2 heterocycles. The van der Waals surface area contributed by atoms with Gasteiger partial charge in [-0.3, -0.25) is 0 Å². The predicted molar refractivity (Wildman–Crippen MR) is 64.2 cm³/mol. The summed E-state index contributed by atoms with van der Waals surface area (Å²) in [7, 11) is 2.02. The lowest BCUT2D eigenvalue weighted by Crippen LogP contribution is -2.27. The molecular formula is C10H13BrN4. The number of imidazole rings is 1. The van der Waals surface area contributed by atoms with Crippen molar-refractivity contribution in [3.8, 4) is 0 Å². The minimum Gasteiger partial charge on any atom is -0.354 e. The Labute approximate surface area is 97.1 Å². The van der Waals surface area contributed by atoms with Crippen molar-refractivity contribution in [2.45, 2.75) is 19.9 Å². The zero-order valence-electron chi connectivity index (χ0n) is 8.98. The predicted octanol–water partition coefficient (Wildman–Crippen LogP) is 2.34. The minimum absolute atomic E-state index is 0.396. The van der Waals surface area contributed by atoms with Gasteiger partial charge in [-0.2, -0.15) is 0 Å². The molecule has 0 aliphatic heterocycles. The summed E-state index contributed by atoms with van der Waals surface area (Å²) >= 11 is 3.40. The lowest BCUT2D eigenvalue weighted by molar-refractivity contribution is 0.741. The molecule has 15 heavy (non-hydrogen) atoms. The van der Waals surface area contributed by atoms with Crippen molar-refractivity contribution >= 4 is 27.4 Å². The summed E-state index contributed by atoms with van der Waals surface area (Å²) in [6.07, 6.45) is 5.60. The fraction of sp³-hybridized carbons (Fsp3) is 0.400. The van der Waals surface area contributed by atoms with Crippen LogP contribution in [0.3, 0.4) is 0 Å². The van der Waals surface area contributed by atoms with Crippen molar-refractivity contribution in [1.29, 1.82) is 0 Å². The Kier molecular flexibility index (Phi) is 2.65. The molecule has 2 rings (SSSR count). The van der Waals surface area contributed by atoms with Crippen LogP contribution in [0.15, 0.2) is 23.2 Å². The molecule has 0 bridgehead atoms. The van der Waals surface area contributed by atoms with Crippen LogP contribution in [0.25, 0.3) is 5.65 Å². The van der Waals surface area contributed by atoms with E-state index < -0.39 is 0 Å². The third-order valence-corrected chi connectivity index (χ3v) is 2.82. The molecule has 0 N–H and O–H groups in total. The molecule has 2 aromatic rings. The van der Waals surface area contributed by atoms with Gasteiger partial charge in [0.25, 0.3) is 0 Å². The standard InChI is InChI=1S/C10H13BrN4/c1-7(2)14(3)10-9-12-4-5-15(9)6-8(11)13-10/h4-7H,1-3H3. The summed E-state index contributed by atoms with van der Waals surface area (Å²) in [5, 5.41) is 0. The lowest BCUT2D eigenvalue weighted by atomic mass is 10.3. The zero-order valence-corrected chi connectivity index (χ0v) is 10.6. The van der Waals surface area contributed by atoms with Gasteiger partial charge in [0, 0.05) is 31.7 Å². The van der Waals surface area contributed by atoms with Crippen LogP contribution < -0.4 is 4.90 Å². The molecule has 0 saturated heterocycles. The smallest absolute Gasteiger partial charge is 0.180 e. The maximum absolute atomic E-state index is 4.45. The topological polar surface area (TPSA) is 33.4 Å². The normalized spacial score (nSPS) is 11.3. The van der Waals surface area contributed by atoms with Crippen LogP contribution in [-0.2, 0) is 0 Å². The molecule has 0 saturated carbocycles. The second kappa shape index (κ2) is 3.81. The number of rotatable bonds is 2. The highest BCUT2D eigenvalue weighted by Gasteiger charge is 2.12. The Balaban J connectivity index is 2.62. The number of hydrogen-bond donors (Lipinski definition) is 0. The van der Waals surface area contributed by atoms with Gasteiger partial charge in [0.15, 0.2) is 11.5 Å². The molecule has 80 valence electrons. The van der Waals surface area contributed by atoms with E-state index in [2.05, 4.69) is 44.6 Å². The zero-order chi connectivity index (χ0) is 11.0. The van der Waals surface area contributed by atoms with E-state index in [0.717, 1.165) is 16.1 Å². The number of hydrogen-bond acceptors (Lipinski definition) is 3. The number of anilines is 1. The van der Waals surface area contributed by atoms with Crippen molar-refractivity contribution in [2.75, 3.05) is 11.9 Å². The van der Waals surface area contributed by atoms with Crippen LogP contribution in [0.4, 0.5) is 5.82 Å². The van der Waals surface area contributed by atoms with Crippen molar-refractivity contribution in [2.24, 2.45) is 0 Å². The van der Waals surface area contributed by atoms with Gasteiger partial charge >= 0.3 is 0 Å². The molecule has 0 aliphatic carbocycles. The average Bonchev–Trinajstić information content (AvgIpc) is 2.62. The first-order chi connectivity index (χ1) is 7.09. The van der Waals surface area contributed by atoms with Gasteiger partial charge < -0.3 is 9.30 Å². The number of fused-ring (bicyclic) bond motifs is 1. The van der Waals surface area contributed by atoms with Crippen molar-refractivity contribution in [1.82, 2.24) is 14.4 Å². The largest absolute Gasteiger partial charge is 0.354 e. The van der Waals surface area contributed by atoms with E-state index in [-0.39, 0.29) is 0 Å². The van der Waals surface area contributed by atoms with Crippen LogP contribution >= 0.6 is 15.9 Å². The van der Waals surface area contributed by atoms with E-state index in [1.807, 2.05) is 23.8 Å². The van der Waals surface area contributed by atoms with Crippen molar-refractivity contribution < 1.29 is 0 Å². The highest BCUT2D eigenvalue weighted by Crippen LogP contribution is 2.21. The molecule has 0 atom stereocenters. The van der Waals surface area contributed by atoms with Gasteiger partial charge in [-0.05, 0) is 29.8 Å². The van der Waals surface area contributed by atoms with Gasteiger partial charge in [-0.15, -0.1) is 0 Å². The molecule has 0 radical (unpaired) electrons. The third-order valence-electron chi connectivity index (χ3n) is 2.44. The average molecular weight is 269 g/mol. The quantitative estimate of drug-likeness (QED) is 0.839. The maximum Gasteiger partial charge on any atom is 0.180 e. The van der Waals surface area contributed by atoms with Crippen LogP contribution in [0, 0.1) is 0 Å². The molecular weight excluding hydrogens is 256 g/mol. The highest BCUT2D eigenvalue weighted by molar-refractivity contribution is 9.10. The highest BCUT2D eigenvalue weighted by atomic mass is 79.9. The molecule has 0 fully saturated rings. The van der Waals surface area contributed by atoms with Gasteiger partial charge in [0.1, 0.15) is 4.60 Å². The number of halogens is 1. The first-order valence-electron chi connectivity index (χ1n) is 4.81. The summed E-state index contributed by atoms with van der Waals surface area (Å²) in [4.78, 5) is 10.9. The van der Waals surface area contributed by atoms with E-state index in [4.69, 9.17) is 0 Å². The summed E-state index contributed by atoms with van der Waals surface area (Å²) < 4.78 is 2.78. The third kappa shape index (κ3) is 1.84. The van der Waals surface area contributed by atoms with Crippen molar-refractivity contribution in [3.63, 3.8) is 0 Å². The van der Waals surface area contributed by atoms with Crippen LogP contribution in [0.5, 0.6) is 0 Å². The summed E-state index contributed by atoms with van der Waals surface area (Å²) in [5.74, 6) is 0.893. The Hall–Kier alpha value is -1.10. The summed E-state index contributed by atoms with van der Waals surface area (Å²) in [5.41, 5.74) is 0.884. The summed E-state index contributed by atoms with van der Waals surface area (Å²) in [6, 6.07) is 0.396. The van der Waals surface area contributed by atoms with Gasteiger partial charge in [0.2, 0.25) is 0 Å².